The van der Waals surface area contributed by atoms with E-state index in [1.807, 2.05) is 109 Å². The molecule has 0 radical (unpaired) electrons. The van der Waals surface area contributed by atoms with Gasteiger partial charge in [-0.05, 0) is 72.8 Å². The summed E-state index contributed by atoms with van der Waals surface area (Å²) in [4.78, 5) is 25.1. The van der Waals surface area contributed by atoms with Crippen LogP contribution in [0, 0.1) is 0 Å². The van der Waals surface area contributed by atoms with Crippen LogP contribution in [0.4, 0.5) is 0 Å². The molecule has 0 aliphatic heterocycles. The summed E-state index contributed by atoms with van der Waals surface area (Å²) < 4.78 is 0. The van der Waals surface area contributed by atoms with Crippen molar-refractivity contribution in [2.45, 2.75) is 0 Å². The Labute approximate surface area is 227 Å². The minimum absolute atomic E-state index is 0. The maximum Gasteiger partial charge on any atom is 2.00 e. The van der Waals surface area contributed by atoms with E-state index in [1.165, 1.54) is 0 Å². The summed E-state index contributed by atoms with van der Waals surface area (Å²) >= 11 is 0. The molecule has 0 atom stereocenters. The van der Waals surface area contributed by atoms with Crippen LogP contribution in [0.1, 0.15) is 0 Å². The first-order valence-electron chi connectivity index (χ1n) is 11.4. The molecule has 6 nitrogen and oxygen atoms in total. The third-order valence-corrected chi connectivity index (χ3v) is 4.78. The van der Waals surface area contributed by atoms with Crippen molar-refractivity contribution in [1.29, 1.82) is 0 Å². The Morgan fingerprint density at radius 3 is 0.514 bits per heavy atom. The molecule has 0 saturated carbocycles. The summed E-state index contributed by atoms with van der Waals surface area (Å²) in [5.74, 6) is 0. The first-order valence-corrected chi connectivity index (χ1v) is 11.4. The molecule has 0 fully saturated rings. The van der Waals surface area contributed by atoms with E-state index >= 15 is 0 Å². The monoisotopic (exact) mass is 520 g/mol. The van der Waals surface area contributed by atoms with E-state index in [4.69, 9.17) is 0 Å². The zero-order valence-corrected chi connectivity index (χ0v) is 21.2. The summed E-state index contributed by atoms with van der Waals surface area (Å²) in [5.41, 5.74) is 5.49. The fraction of sp³-hybridized carbons (Fsp3) is 0. The summed E-state index contributed by atoms with van der Waals surface area (Å²) in [6.07, 6.45) is 10.6. The molecule has 7 heteroatoms. The van der Waals surface area contributed by atoms with Crippen molar-refractivity contribution in [1.82, 2.24) is 29.9 Å². The molecule has 0 spiro atoms. The van der Waals surface area contributed by atoms with Crippen LogP contribution in [-0.2, 0) is 17.4 Å². The topological polar surface area (TPSA) is 77.3 Å². The number of pyridine rings is 6. The van der Waals surface area contributed by atoms with Gasteiger partial charge in [0.25, 0.3) is 0 Å². The molecule has 0 aliphatic carbocycles. The van der Waals surface area contributed by atoms with Gasteiger partial charge in [0.15, 0.2) is 0 Å². The maximum absolute atomic E-state index is 4.19. The quantitative estimate of drug-likeness (QED) is 0.268. The van der Waals surface area contributed by atoms with Gasteiger partial charge in [0.05, 0.1) is 34.2 Å². The van der Waals surface area contributed by atoms with Gasteiger partial charge < -0.3 is 0 Å². The molecule has 6 rings (SSSR count). The summed E-state index contributed by atoms with van der Waals surface area (Å²) in [5, 5.41) is 0. The molecule has 37 heavy (non-hydrogen) atoms. The largest absolute Gasteiger partial charge is 2.00 e. The van der Waals surface area contributed by atoms with Crippen LogP contribution in [-0.4, -0.2) is 29.9 Å². The number of hydrogen-bond donors (Lipinski definition) is 0. The van der Waals surface area contributed by atoms with Crippen LogP contribution >= 0.6 is 0 Å². The standard InChI is InChI=1S/3C10H8N2.Cr/c3*1-3-7-11-9(5-1)10-6-2-4-8-12-10;/h3*1-8H;/q;;;+2. The van der Waals surface area contributed by atoms with Crippen molar-refractivity contribution in [3.63, 3.8) is 0 Å². The number of aromatic nitrogens is 6. The second-order valence-corrected chi connectivity index (χ2v) is 7.29. The molecular formula is C30H24CrN6+2. The Morgan fingerprint density at radius 2 is 0.405 bits per heavy atom. The first-order chi connectivity index (χ1) is 17.9. The van der Waals surface area contributed by atoms with Crippen molar-refractivity contribution in [2.24, 2.45) is 0 Å². The van der Waals surface area contributed by atoms with Crippen molar-refractivity contribution in [3.8, 4) is 34.2 Å². The van der Waals surface area contributed by atoms with Crippen molar-refractivity contribution >= 4 is 0 Å². The smallest absolute Gasteiger partial charge is 0.255 e. The van der Waals surface area contributed by atoms with Gasteiger partial charge in [0.1, 0.15) is 0 Å². The molecule has 6 heterocycles. The molecule has 0 bridgehead atoms. The van der Waals surface area contributed by atoms with Crippen molar-refractivity contribution in [2.75, 3.05) is 0 Å². The Balaban J connectivity index is 0.000000152. The van der Waals surface area contributed by atoms with Crippen molar-refractivity contribution < 1.29 is 17.4 Å². The molecule has 0 aliphatic rings. The predicted molar refractivity (Wildman–Crippen MR) is 142 cm³/mol. The molecule has 0 unspecified atom stereocenters. The fourth-order valence-corrected chi connectivity index (χ4v) is 3.09. The van der Waals surface area contributed by atoms with Gasteiger partial charge >= 0.3 is 17.4 Å². The van der Waals surface area contributed by atoms with Gasteiger partial charge in [-0.15, -0.1) is 0 Å². The molecule has 6 aromatic heterocycles. The second-order valence-electron chi connectivity index (χ2n) is 7.29. The van der Waals surface area contributed by atoms with Gasteiger partial charge in [0, 0.05) is 37.2 Å². The summed E-state index contributed by atoms with van der Waals surface area (Å²) in [7, 11) is 0. The van der Waals surface area contributed by atoms with Crippen LogP contribution in [0.15, 0.2) is 146 Å². The summed E-state index contributed by atoms with van der Waals surface area (Å²) in [6.45, 7) is 0. The van der Waals surface area contributed by atoms with E-state index < -0.39 is 0 Å². The van der Waals surface area contributed by atoms with Crippen LogP contribution in [0.5, 0.6) is 0 Å². The fourth-order valence-electron chi connectivity index (χ4n) is 3.09. The Bertz CT molecular complexity index is 1100. The van der Waals surface area contributed by atoms with Crippen molar-refractivity contribution in [3.05, 3.63) is 146 Å². The molecule has 0 N–H and O–H groups in total. The number of nitrogens with zero attached hydrogens (tertiary/aromatic N) is 6. The van der Waals surface area contributed by atoms with Gasteiger partial charge in [-0.25, -0.2) is 0 Å². The SMILES string of the molecule is [Cr+2].c1ccc(-c2ccccn2)nc1.c1ccc(-c2ccccn2)nc1.c1ccc(-c2ccccn2)nc1. The Kier molecular flexibility index (Phi) is 11.3. The zero-order chi connectivity index (χ0) is 24.7. The van der Waals surface area contributed by atoms with E-state index in [1.54, 1.807) is 37.2 Å². The van der Waals surface area contributed by atoms with E-state index in [0.717, 1.165) is 34.2 Å². The zero-order valence-electron chi connectivity index (χ0n) is 19.9. The average Bonchev–Trinajstić information content (AvgIpc) is 3.01. The van der Waals surface area contributed by atoms with Crippen LogP contribution < -0.4 is 0 Å². The van der Waals surface area contributed by atoms with Crippen LogP contribution in [0.3, 0.4) is 0 Å². The average molecular weight is 521 g/mol. The van der Waals surface area contributed by atoms with Gasteiger partial charge in [0.2, 0.25) is 0 Å². The van der Waals surface area contributed by atoms with E-state index in [0.29, 0.717) is 0 Å². The molecule has 0 amide bonds. The van der Waals surface area contributed by atoms with E-state index in [2.05, 4.69) is 29.9 Å². The van der Waals surface area contributed by atoms with Crippen LogP contribution in [0.25, 0.3) is 34.2 Å². The second kappa shape index (κ2) is 15.4. The minimum atomic E-state index is 0. The van der Waals surface area contributed by atoms with Gasteiger partial charge in [-0.2, -0.15) is 0 Å². The molecular weight excluding hydrogens is 496 g/mol. The molecule has 6 aromatic rings. The minimum Gasteiger partial charge on any atom is -0.255 e. The molecule has 0 saturated heterocycles. The molecule has 178 valence electrons. The van der Waals surface area contributed by atoms with Crippen LogP contribution in [0.2, 0.25) is 0 Å². The normalized spacial score (nSPS) is 9.41. The summed E-state index contributed by atoms with van der Waals surface area (Å²) in [6, 6.07) is 34.8. The third-order valence-electron chi connectivity index (χ3n) is 4.78. The Morgan fingerprint density at radius 1 is 0.243 bits per heavy atom. The maximum atomic E-state index is 4.19. The van der Waals surface area contributed by atoms with E-state index in [-0.39, 0.29) is 17.4 Å². The first kappa shape index (κ1) is 27.0. The third kappa shape index (κ3) is 8.86. The van der Waals surface area contributed by atoms with Gasteiger partial charge in [-0.1, -0.05) is 36.4 Å². The predicted octanol–water partition coefficient (Wildman–Crippen LogP) is 6.43. The number of hydrogen-bond acceptors (Lipinski definition) is 6. The number of rotatable bonds is 3. The molecule has 0 aromatic carbocycles. The Hall–Kier alpha value is -4.57. The van der Waals surface area contributed by atoms with E-state index in [9.17, 15) is 0 Å². The van der Waals surface area contributed by atoms with Gasteiger partial charge in [-0.3, -0.25) is 29.9 Å².